The molecule has 86 valence electrons. The molecule has 0 amide bonds. The zero-order valence-electron chi connectivity index (χ0n) is 9.99. The van der Waals surface area contributed by atoms with Crippen LogP contribution in [-0.4, -0.2) is 48.5 Å². The summed E-state index contributed by atoms with van der Waals surface area (Å²) in [7, 11) is 0. The van der Waals surface area contributed by atoms with Crippen molar-refractivity contribution in [3.63, 3.8) is 0 Å². The van der Waals surface area contributed by atoms with Crippen LogP contribution in [0.4, 0.5) is 0 Å². The fourth-order valence-electron chi connectivity index (χ4n) is 1.31. The molecule has 0 aliphatic rings. The highest BCUT2D eigenvalue weighted by Gasteiger charge is 2.08. The number of hydrogen-bond acceptors (Lipinski definition) is 3. The molecule has 0 atom stereocenters. The molecule has 0 aliphatic carbocycles. The van der Waals surface area contributed by atoms with Crippen LogP contribution in [-0.2, 0) is 4.74 Å². The molecule has 0 aromatic rings. The van der Waals surface area contributed by atoms with Crippen molar-refractivity contribution in [3.8, 4) is 0 Å². The first-order valence-corrected chi connectivity index (χ1v) is 5.54. The molecule has 0 spiro atoms. The third-order valence-electron chi connectivity index (χ3n) is 2.16. The number of nitrogens with zero attached hydrogens (tertiary/aromatic N) is 1. The van der Waals surface area contributed by atoms with E-state index in [1.807, 2.05) is 13.8 Å². The summed E-state index contributed by atoms with van der Waals surface area (Å²) < 4.78 is 5.50. The maximum Gasteiger partial charge on any atom is 0.0597 e. The van der Waals surface area contributed by atoms with Gasteiger partial charge in [-0.2, -0.15) is 0 Å². The molecule has 14 heavy (non-hydrogen) atoms. The van der Waals surface area contributed by atoms with Gasteiger partial charge in [0, 0.05) is 25.7 Å². The quantitative estimate of drug-likeness (QED) is 0.649. The highest BCUT2D eigenvalue weighted by molar-refractivity contribution is 4.62. The second-order valence-electron chi connectivity index (χ2n) is 4.13. The largest absolute Gasteiger partial charge is 0.396 e. The van der Waals surface area contributed by atoms with Gasteiger partial charge in [-0.3, -0.25) is 4.90 Å². The van der Waals surface area contributed by atoms with Gasteiger partial charge in [0.2, 0.25) is 0 Å². The SMILES string of the molecule is CC(C)OCCN(CCCO)C(C)C. The van der Waals surface area contributed by atoms with Crippen LogP contribution < -0.4 is 0 Å². The van der Waals surface area contributed by atoms with E-state index in [0.29, 0.717) is 12.1 Å². The van der Waals surface area contributed by atoms with Crippen LogP contribution in [0, 0.1) is 0 Å². The molecule has 0 aromatic heterocycles. The van der Waals surface area contributed by atoms with Gasteiger partial charge in [0.25, 0.3) is 0 Å². The van der Waals surface area contributed by atoms with Crippen molar-refractivity contribution >= 4 is 0 Å². The van der Waals surface area contributed by atoms with Gasteiger partial charge in [0.15, 0.2) is 0 Å². The molecule has 0 bridgehead atoms. The summed E-state index contributed by atoms with van der Waals surface area (Å²) in [5, 5.41) is 8.75. The van der Waals surface area contributed by atoms with E-state index in [1.165, 1.54) is 0 Å². The van der Waals surface area contributed by atoms with Crippen molar-refractivity contribution in [1.29, 1.82) is 0 Å². The molecule has 1 N–H and O–H groups in total. The van der Waals surface area contributed by atoms with Gasteiger partial charge in [-0.1, -0.05) is 0 Å². The highest BCUT2D eigenvalue weighted by atomic mass is 16.5. The van der Waals surface area contributed by atoms with Crippen LogP contribution in [0.15, 0.2) is 0 Å². The maximum atomic E-state index is 8.75. The van der Waals surface area contributed by atoms with Crippen molar-refractivity contribution in [2.45, 2.75) is 46.3 Å². The average molecular weight is 203 g/mol. The molecule has 0 saturated carbocycles. The van der Waals surface area contributed by atoms with Crippen molar-refractivity contribution in [2.75, 3.05) is 26.3 Å². The highest BCUT2D eigenvalue weighted by Crippen LogP contribution is 2.00. The Kier molecular flexibility index (Phi) is 8.14. The first kappa shape index (κ1) is 13.9. The Morgan fingerprint density at radius 1 is 1.14 bits per heavy atom. The molecule has 0 aromatic carbocycles. The molecular weight excluding hydrogens is 178 g/mol. The van der Waals surface area contributed by atoms with Crippen LogP contribution in [0.1, 0.15) is 34.1 Å². The Morgan fingerprint density at radius 3 is 2.21 bits per heavy atom. The summed E-state index contributed by atoms with van der Waals surface area (Å²) in [6.45, 7) is 11.4. The van der Waals surface area contributed by atoms with E-state index < -0.39 is 0 Å². The summed E-state index contributed by atoms with van der Waals surface area (Å²) in [5.41, 5.74) is 0. The molecule has 0 saturated heterocycles. The normalized spacial score (nSPS) is 12.0. The smallest absolute Gasteiger partial charge is 0.0597 e. The third-order valence-corrected chi connectivity index (χ3v) is 2.16. The van der Waals surface area contributed by atoms with Gasteiger partial charge in [-0.05, 0) is 34.1 Å². The minimum atomic E-state index is 0.272. The van der Waals surface area contributed by atoms with Gasteiger partial charge in [0.05, 0.1) is 12.7 Å². The Labute approximate surface area is 88.1 Å². The van der Waals surface area contributed by atoms with Gasteiger partial charge in [-0.15, -0.1) is 0 Å². The lowest BCUT2D eigenvalue weighted by Gasteiger charge is -2.26. The molecule has 3 nitrogen and oxygen atoms in total. The molecule has 0 rings (SSSR count). The van der Waals surface area contributed by atoms with E-state index in [-0.39, 0.29) is 6.61 Å². The molecule has 3 heteroatoms. The zero-order chi connectivity index (χ0) is 11.0. The second-order valence-corrected chi connectivity index (χ2v) is 4.13. The lowest BCUT2D eigenvalue weighted by atomic mass is 10.3. The molecule has 0 unspecified atom stereocenters. The lowest BCUT2D eigenvalue weighted by molar-refractivity contribution is 0.0506. The summed E-state index contributed by atoms with van der Waals surface area (Å²) in [6.07, 6.45) is 1.15. The van der Waals surface area contributed by atoms with Crippen molar-refractivity contribution in [2.24, 2.45) is 0 Å². The molecule has 0 fully saturated rings. The molecular formula is C11H25NO2. The molecule has 0 heterocycles. The van der Waals surface area contributed by atoms with Crippen LogP contribution in [0.25, 0.3) is 0 Å². The predicted molar refractivity (Wildman–Crippen MR) is 59.5 cm³/mol. The Morgan fingerprint density at radius 2 is 1.79 bits per heavy atom. The van der Waals surface area contributed by atoms with Crippen LogP contribution in [0.3, 0.4) is 0 Å². The van der Waals surface area contributed by atoms with Gasteiger partial charge >= 0.3 is 0 Å². The van der Waals surface area contributed by atoms with E-state index in [2.05, 4.69) is 18.7 Å². The van der Waals surface area contributed by atoms with E-state index in [4.69, 9.17) is 9.84 Å². The van der Waals surface area contributed by atoms with E-state index in [9.17, 15) is 0 Å². The van der Waals surface area contributed by atoms with Gasteiger partial charge in [-0.25, -0.2) is 0 Å². The minimum Gasteiger partial charge on any atom is -0.396 e. The number of hydrogen-bond donors (Lipinski definition) is 1. The minimum absolute atomic E-state index is 0.272. The first-order chi connectivity index (χ1) is 6.57. The Balaban J connectivity index is 3.62. The summed E-state index contributed by atoms with van der Waals surface area (Å²) in [5.74, 6) is 0. The van der Waals surface area contributed by atoms with Crippen LogP contribution in [0.5, 0.6) is 0 Å². The number of aliphatic hydroxyl groups is 1. The van der Waals surface area contributed by atoms with Crippen molar-refractivity contribution in [1.82, 2.24) is 4.90 Å². The van der Waals surface area contributed by atoms with Crippen molar-refractivity contribution in [3.05, 3.63) is 0 Å². The zero-order valence-corrected chi connectivity index (χ0v) is 9.99. The fraction of sp³-hybridized carbons (Fsp3) is 1.00. The first-order valence-electron chi connectivity index (χ1n) is 5.54. The monoisotopic (exact) mass is 203 g/mol. The predicted octanol–water partition coefficient (Wildman–Crippen LogP) is 1.50. The van der Waals surface area contributed by atoms with E-state index in [1.54, 1.807) is 0 Å². The number of ether oxygens (including phenoxy) is 1. The van der Waals surface area contributed by atoms with E-state index >= 15 is 0 Å². The van der Waals surface area contributed by atoms with Crippen LogP contribution >= 0.6 is 0 Å². The lowest BCUT2D eigenvalue weighted by Crippen LogP contribution is -2.35. The standard InChI is InChI=1S/C11H25NO2/c1-10(2)12(6-5-8-13)7-9-14-11(3)4/h10-11,13H,5-9H2,1-4H3. The Hall–Kier alpha value is -0.120. The fourth-order valence-corrected chi connectivity index (χ4v) is 1.31. The molecule has 0 radical (unpaired) electrons. The second kappa shape index (κ2) is 8.21. The van der Waals surface area contributed by atoms with Gasteiger partial charge < -0.3 is 9.84 Å². The summed E-state index contributed by atoms with van der Waals surface area (Å²) in [6, 6.07) is 0.525. The average Bonchev–Trinajstić information content (AvgIpc) is 2.09. The maximum absolute atomic E-state index is 8.75. The van der Waals surface area contributed by atoms with E-state index in [0.717, 1.165) is 26.1 Å². The van der Waals surface area contributed by atoms with Crippen molar-refractivity contribution < 1.29 is 9.84 Å². The number of aliphatic hydroxyl groups excluding tert-OH is 1. The summed E-state index contributed by atoms with van der Waals surface area (Å²) >= 11 is 0. The van der Waals surface area contributed by atoms with Gasteiger partial charge in [0.1, 0.15) is 0 Å². The van der Waals surface area contributed by atoms with Crippen LogP contribution in [0.2, 0.25) is 0 Å². The Bertz CT molecular complexity index is 126. The summed E-state index contributed by atoms with van der Waals surface area (Å²) in [4.78, 5) is 2.33. The topological polar surface area (TPSA) is 32.7 Å². The molecule has 0 aliphatic heterocycles. The third kappa shape index (κ3) is 7.30. The number of rotatable bonds is 8.